The number of benzene rings is 1. The molecule has 1 aromatic rings. The van der Waals surface area contributed by atoms with Crippen molar-refractivity contribution in [2.45, 2.75) is 32.1 Å². The molecule has 0 radical (unpaired) electrons. The van der Waals surface area contributed by atoms with Crippen LogP contribution in [0.3, 0.4) is 0 Å². The van der Waals surface area contributed by atoms with Crippen LogP contribution in [0.1, 0.15) is 32.1 Å². The zero-order valence-corrected chi connectivity index (χ0v) is 9.37. The summed E-state index contributed by atoms with van der Waals surface area (Å²) in [7, 11) is 0. The van der Waals surface area contributed by atoms with Crippen molar-refractivity contribution in [3.05, 3.63) is 41.6 Å². The lowest BCUT2D eigenvalue weighted by Crippen LogP contribution is -2.05. The Morgan fingerprint density at radius 2 is 1.75 bits per heavy atom. The van der Waals surface area contributed by atoms with E-state index < -0.39 is 0 Å². The normalized spacial score (nSPS) is 15.3. The number of para-hydroxylation sites is 1. The second-order valence-corrected chi connectivity index (χ2v) is 4.14. The fourth-order valence-corrected chi connectivity index (χ4v) is 2.09. The van der Waals surface area contributed by atoms with Crippen LogP contribution in [0.4, 0.5) is 5.69 Å². The Kier molecular flexibility index (Phi) is 3.61. The Labute approximate surface area is 96.6 Å². The van der Waals surface area contributed by atoms with Crippen molar-refractivity contribution in [1.29, 1.82) is 5.26 Å². The highest BCUT2D eigenvalue weighted by Crippen LogP contribution is 2.26. The average Bonchev–Trinajstić information content (AvgIpc) is 2.38. The maximum absolute atomic E-state index is 9.17. The lowest BCUT2D eigenvalue weighted by Gasteiger charge is -2.16. The van der Waals surface area contributed by atoms with Crippen LogP contribution < -0.4 is 5.32 Å². The van der Waals surface area contributed by atoms with E-state index in [1.165, 1.54) is 24.8 Å². The van der Waals surface area contributed by atoms with Crippen LogP contribution in [0, 0.1) is 11.3 Å². The molecule has 16 heavy (non-hydrogen) atoms. The van der Waals surface area contributed by atoms with Crippen molar-refractivity contribution in [2.75, 3.05) is 5.32 Å². The van der Waals surface area contributed by atoms with Crippen LogP contribution in [-0.2, 0) is 0 Å². The van der Waals surface area contributed by atoms with Crippen LogP contribution in [-0.4, -0.2) is 0 Å². The molecule has 2 heteroatoms. The summed E-state index contributed by atoms with van der Waals surface area (Å²) in [5, 5.41) is 12.4. The third kappa shape index (κ3) is 2.64. The predicted octanol–water partition coefficient (Wildman–Crippen LogP) is 3.84. The zero-order chi connectivity index (χ0) is 11.2. The minimum absolute atomic E-state index is 0.755. The Morgan fingerprint density at radius 1 is 1.06 bits per heavy atom. The Bertz CT molecular complexity index is 404. The van der Waals surface area contributed by atoms with Gasteiger partial charge in [-0.2, -0.15) is 5.26 Å². The number of hydrogen-bond acceptors (Lipinski definition) is 2. The van der Waals surface area contributed by atoms with Crippen molar-refractivity contribution in [3.63, 3.8) is 0 Å². The van der Waals surface area contributed by atoms with E-state index in [0.29, 0.717) is 0 Å². The number of hydrogen-bond donors (Lipinski definition) is 1. The van der Waals surface area contributed by atoms with Crippen LogP contribution in [0.15, 0.2) is 41.6 Å². The van der Waals surface area contributed by atoms with Crippen molar-refractivity contribution >= 4 is 5.69 Å². The first-order valence-electron chi connectivity index (χ1n) is 5.84. The van der Waals surface area contributed by atoms with E-state index in [1.54, 1.807) is 0 Å². The Hall–Kier alpha value is -1.75. The van der Waals surface area contributed by atoms with Gasteiger partial charge in [0.15, 0.2) is 0 Å². The molecule has 0 heterocycles. The van der Waals surface area contributed by atoms with Crippen LogP contribution >= 0.6 is 0 Å². The molecule has 1 N–H and O–H groups in total. The van der Waals surface area contributed by atoms with Gasteiger partial charge in [0.05, 0.1) is 0 Å². The summed E-state index contributed by atoms with van der Waals surface area (Å²) in [5.74, 6) is 0. The smallest absolute Gasteiger partial charge is 0.117 e. The molecule has 1 saturated carbocycles. The van der Waals surface area contributed by atoms with Crippen molar-refractivity contribution in [2.24, 2.45) is 0 Å². The molecule has 0 aliphatic heterocycles. The molecule has 1 fully saturated rings. The molecule has 0 amide bonds. The lowest BCUT2D eigenvalue weighted by atomic mass is 9.93. The molecule has 1 aliphatic rings. The molecule has 82 valence electrons. The van der Waals surface area contributed by atoms with Crippen LogP contribution in [0.25, 0.3) is 0 Å². The van der Waals surface area contributed by atoms with E-state index in [-0.39, 0.29) is 0 Å². The summed E-state index contributed by atoms with van der Waals surface area (Å²) >= 11 is 0. The van der Waals surface area contributed by atoms with Gasteiger partial charge in [0.1, 0.15) is 11.8 Å². The zero-order valence-electron chi connectivity index (χ0n) is 9.37. The van der Waals surface area contributed by atoms with Gasteiger partial charge in [-0.05, 0) is 43.4 Å². The van der Waals surface area contributed by atoms with Gasteiger partial charge in [-0.1, -0.05) is 24.6 Å². The minimum atomic E-state index is 0.755. The Morgan fingerprint density at radius 3 is 2.38 bits per heavy atom. The third-order valence-corrected chi connectivity index (χ3v) is 2.97. The first-order valence-corrected chi connectivity index (χ1v) is 5.84. The van der Waals surface area contributed by atoms with E-state index in [2.05, 4.69) is 11.4 Å². The van der Waals surface area contributed by atoms with Gasteiger partial charge in [0, 0.05) is 5.69 Å². The summed E-state index contributed by atoms with van der Waals surface area (Å²) in [6.07, 6.45) is 5.88. The number of nitrogens with one attached hydrogen (secondary N) is 1. The van der Waals surface area contributed by atoms with E-state index >= 15 is 0 Å². The number of anilines is 1. The summed E-state index contributed by atoms with van der Waals surface area (Å²) in [4.78, 5) is 0. The monoisotopic (exact) mass is 212 g/mol. The molecule has 0 unspecified atom stereocenters. The van der Waals surface area contributed by atoms with E-state index in [1.807, 2.05) is 30.3 Å². The minimum Gasteiger partial charge on any atom is -0.347 e. The average molecular weight is 212 g/mol. The van der Waals surface area contributed by atoms with Crippen molar-refractivity contribution in [1.82, 2.24) is 0 Å². The van der Waals surface area contributed by atoms with E-state index in [0.717, 1.165) is 24.2 Å². The molecule has 0 bridgehead atoms. The lowest BCUT2D eigenvalue weighted by molar-refractivity contribution is 0.596. The molecule has 0 spiro atoms. The fourth-order valence-electron chi connectivity index (χ4n) is 2.09. The summed E-state index contributed by atoms with van der Waals surface area (Å²) in [5.41, 5.74) is 3.04. The van der Waals surface area contributed by atoms with Crippen molar-refractivity contribution < 1.29 is 0 Å². The van der Waals surface area contributed by atoms with Crippen LogP contribution in [0.5, 0.6) is 0 Å². The second kappa shape index (κ2) is 5.37. The molecule has 0 saturated heterocycles. The largest absolute Gasteiger partial charge is 0.347 e. The highest BCUT2D eigenvalue weighted by Gasteiger charge is 2.11. The third-order valence-electron chi connectivity index (χ3n) is 2.97. The molecule has 2 rings (SSSR count). The first-order chi connectivity index (χ1) is 7.90. The highest BCUT2D eigenvalue weighted by molar-refractivity contribution is 5.52. The molecule has 1 aliphatic carbocycles. The molecule has 0 aromatic heterocycles. The summed E-state index contributed by atoms with van der Waals surface area (Å²) in [6, 6.07) is 12.2. The van der Waals surface area contributed by atoms with Gasteiger partial charge in [-0.15, -0.1) is 0 Å². The molecular weight excluding hydrogens is 196 g/mol. The predicted molar refractivity (Wildman–Crippen MR) is 65.8 cm³/mol. The number of rotatable bonds is 2. The van der Waals surface area contributed by atoms with E-state index in [4.69, 9.17) is 5.26 Å². The number of nitriles is 1. The SMILES string of the molecule is N#CC(Nc1ccccc1)=C1CCCCC1. The first kappa shape index (κ1) is 10.8. The quantitative estimate of drug-likeness (QED) is 0.756. The molecular formula is C14H16N2. The Balaban J connectivity index is 2.14. The summed E-state index contributed by atoms with van der Waals surface area (Å²) in [6.45, 7) is 0. The van der Waals surface area contributed by atoms with Gasteiger partial charge in [0.2, 0.25) is 0 Å². The molecule has 2 nitrogen and oxygen atoms in total. The second-order valence-electron chi connectivity index (χ2n) is 4.14. The van der Waals surface area contributed by atoms with Gasteiger partial charge < -0.3 is 5.32 Å². The summed E-state index contributed by atoms with van der Waals surface area (Å²) < 4.78 is 0. The maximum atomic E-state index is 9.17. The highest BCUT2D eigenvalue weighted by atomic mass is 14.9. The molecule has 1 aromatic carbocycles. The van der Waals surface area contributed by atoms with Gasteiger partial charge >= 0.3 is 0 Å². The van der Waals surface area contributed by atoms with E-state index in [9.17, 15) is 0 Å². The number of allylic oxidation sites excluding steroid dienone is 2. The van der Waals surface area contributed by atoms with Crippen LogP contribution in [0.2, 0.25) is 0 Å². The standard InChI is InChI=1S/C14H16N2/c15-11-14(12-7-3-1-4-8-12)16-13-9-5-2-6-10-13/h2,5-6,9-10,16H,1,3-4,7-8H2. The number of nitrogens with zero attached hydrogens (tertiary/aromatic N) is 1. The van der Waals surface area contributed by atoms with Gasteiger partial charge in [-0.3, -0.25) is 0 Å². The molecule has 0 atom stereocenters. The maximum Gasteiger partial charge on any atom is 0.117 e. The van der Waals surface area contributed by atoms with Gasteiger partial charge in [-0.25, -0.2) is 0 Å². The van der Waals surface area contributed by atoms with Crippen molar-refractivity contribution in [3.8, 4) is 6.07 Å². The topological polar surface area (TPSA) is 35.8 Å². The van der Waals surface area contributed by atoms with Gasteiger partial charge in [0.25, 0.3) is 0 Å². The fraction of sp³-hybridized carbons (Fsp3) is 0.357.